The lowest BCUT2D eigenvalue weighted by atomic mass is 10.0. The van der Waals surface area contributed by atoms with Gasteiger partial charge in [0.05, 0.1) is 24.2 Å². The molecule has 0 spiro atoms. The number of methoxy groups -OCH3 is 1. The standard InChI is InChI=1S/C22H22N4O/c1-16-8-7-9-18(14-16)20-12-11-19(15-22(20)27-4)26(23-3)25-17(2)21-10-5-6-13-24-21/h5-15H,3H2,1-2,4H3/b25-17+. The van der Waals surface area contributed by atoms with Crippen LogP contribution in [-0.2, 0) is 0 Å². The third-order valence-electron chi connectivity index (χ3n) is 4.16. The second-order valence-corrected chi connectivity index (χ2v) is 6.09. The van der Waals surface area contributed by atoms with Crippen molar-refractivity contribution < 1.29 is 4.74 Å². The molecule has 0 N–H and O–H groups in total. The Kier molecular flexibility index (Phi) is 5.61. The van der Waals surface area contributed by atoms with E-state index in [0.29, 0.717) is 0 Å². The van der Waals surface area contributed by atoms with E-state index < -0.39 is 0 Å². The number of aryl methyl sites for hydroxylation is 1. The number of hydrogen-bond acceptors (Lipinski definition) is 5. The molecule has 0 aliphatic heterocycles. The van der Waals surface area contributed by atoms with Crippen molar-refractivity contribution in [3.63, 3.8) is 0 Å². The molecule has 1 heterocycles. The van der Waals surface area contributed by atoms with Crippen LogP contribution in [0.5, 0.6) is 5.75 Å². The van der Waals surface area contributed by atoms with Crippen molar-refractivity contribution in [3.05, 3.63) is 78.1 Å². The van der Waals surface area contributed by atoms with Crippen LogP contribution < -0.4 is 9.85 Å². The van der Waals surface area contributed by atoms with Crippen LogP contribution in [0, 0.1) is 6.92 Å². The molecule has 0 saturated carbocycles. The van der Waals surface area contributed by atoms with Crippen LogP contribution in [0.15, 0.2) is 77.1 Å². The average molecular weight is 358 g/mol. The van der Waals surface area contributed by atoms with Crippen LogP contribution in [0.1, 0.15) is 18.2 Å². The zero-order chi connectivity index (χ0) is 19.2. The van der Waals surface area contributed by atoms with E-state index in [0.717, 1.165) is 34.0 Å². The second-order valence-electron chi connectivity index (χ2n) is 6.09. The summed E-state index contributed by atoms with van der Waals surface area (Å²) < 4.78 is 5.62. The number of hydrazone groups is 2. The average Bonchev–Trinajstić information content (AvgIpc) is 2.72. The molecule has 0 unspecified atom stereocenters. The molecule has 5 nitrogen and oxygen atoms in total. The normalized spacial score (nSPS) is 11.1. The van der Waals surface area contributed by atoms with Crippen molar-refractivity contribution >= 4 is 18.1 Å². The van der Waals surface area contributed by atoms with Gasteiger partial charge in [0.1, 0.15) is 5.75 Å². The topological polar surface area (TPSA) is 50.1 Å². The first-order valence-electron chi connectivity index (χ1n) is 8.61. The van der Waals surface area contributed by atoms with E-state index in [9.17, 15) is 0 Å². The van der Waals surface area contributed by atoms with Gasteiger partial charge in [-0.2, -0.15) is 15.3 Å². The zero-order valence-electron chi connectivity index (χ0n) is 15.8. The summed E-state index contributed by atoms with van der Waals surface area (Å²) in [7, 11) is 1.66. The smallest absolute Gasteiger partial charge is 0.128 e. The summed E-state index contributed by atoms with van der Waals surface area (Å²) >= 11 is 0. The first kappa shape index (κ1) is 18.3. The molecule has 2 aromatic carbocycles. The van der Waals surface area contributed by atoms with E-state index in [1.165, 1.54) is 10.7 Å². The molecule has 0 saturated heterocycles. The third-order valence-corrected chi connectivity index (χ3v) is 4.16. The number of nitrogens with zero attached hydrogens (tertiary/aromatic N) is 4. The molecular weight excluding hydrogens is 336 g/mol. The Labute approximate surface area is 159 Å². The summed E-state index contributed by atoms with van der Waals surface area (Å²) in [5.41, 5.74) is 5.60. The number of aromatic nitrogens is 1. The highest BCUT2D eigenvalue weighted by molar-refractivity contribution is 5.97. The largest absolute Gasteiger partial charge is 0.496 e. The first-order chi connectivity index (χ1) is 13.1. The SMILES string of the molecule is C=NN(/N=C(\C)c1ccccn1)c1ccc(-c2cccc(C)c2)c(OC)c1. The molecular formula is C22H22N4O. The Morgan fingerprint density at radius 2 is 1.93 bits per heavy atom. The van der Waals surface area contributed by atoms with Crippen molar-refractivity contribution in [1.82, 2.24) is 4.98 Å². The van der Waals surface area contributed by atoms with Crippen LogP contribution in [0.25, 0.3) is 11.1 Å². The van der Waals surface area contributed by atoms with Gasteiger partial charge in [-0.3, -0.25) is 4.98 Å². The van der Waals surface area contributed by atoms with E-state index in [1.54, 1.807) is 13.3 Å². The van der Waals surface area contributed by atoms with Gasteiger partial charge in [-0.25, -0.2) is 0 Å². The summed E-state index contributed by atoms with van der Waals surface area (Å²) in [5, 5.41) is 10.0. The quantitative estimate of drug-likeness (QED) is 0.464. The molecule has 0 radical (unpaired) electrons. The van der Waals surface area contributed by atoms with Crippen LogP contribution in [0.2, 0.25) is 0 Å². The minimum absolute atomic E-state index is 0.740. The third kappa shape index (κ3) is 4.20. The number of rotatable bonds is 6. The monoisotopic (exact) mass is 358 g/mol. The minimum Gasteiger partial charge on any atom is -0.496 e. The highest BCUT2D eigenvalue weighted by Gasteiger charge is 2.11. The van der Waals surface area contributed by atoms with Crippen LogP contribution >= 0.6 is 0 Å². The van der Waals surface area contributed by atoms with Crippen molar-refractivity contribution in [2.75, 3.05) is 12.2 Å². The molecule has 0 atom stereocenters. The van der Waals surface area contributed by atoms with Gasteiger partial charge in [-0.1, -0.05) is 35.9 Å². The molecule has 0 amide bonds. The molecule has 136 valence electrons. The van der Waals surface area contributed by atoms with E-state index in [-0.39, 0.29) is 0 Å². The van der Waals surface area contributed by atoms with Crippen LogP contribution in [-0.4, -0.2) is 24.5 Å². The number of ether oxygens (including phenoxy) is 1. The summed E-state index contributed by atoms with van der Waals surface area (Å²) in [6.45, 7) is 7.60. The van der Waals surface area contributed by atoms with Crippen LogP contribution in [0.3, 0.4) is 0 Å². The van der Waals surface area contributed by atoms with E-state index in [2.05, 4.69) is 47.0 Å². The number of hydrogen-bond donors (Lipinski definition) is 0. The fourth-order valence-electron chi connectivity index (χ4n) is 2.80. The summed E-state index contributed by atoms with van der Waals surface area (Å²) in [4.78, 5) is 4.31. The predicted molar refractivity (Wildman–Crippen MR) is 112 cm³/mol. The Hall–Kier alpha value is -3.47. The molecule has 3 rings (SSSR count). The molecule has 3 aromatic rings. The Morgan fingerprint density at radius 1 is 1.07 bits per heavy atom. The number of anilines is 1. The molecule has 0 aliphatic rings. The van der Waals surface area contributed by atoms with Gasteiger partial charge in [0.15, 0.2) is 0 Å². The molecule has 27 heavy (non-hydrogen) atoms. The fraction of sp³-hybridized carbons (Fsp3) is 0.136. The molecule has 5 heteroatoms. The van der Waals surface area contributed by atoms with Gasteiger partial charge in [0, 0.05) is 24.5 Å². The van der Waals surface area contributed by atoms with Crippen molar-refractivity contribution in [1.29, 1.82) is 0 Å². The predicted octanol–water partition coefficient (Wildman–Crippen LogP) is 4.91. The van der Waals surface area contributed by atoms with Gasteiger partial charge in [-0.15, -0.1) is 0 Å². The Morgan fingerprint density at radius 3 is 2.59 bits per heavy atom. The molecule has 1 aromatic heterocycles. The highest BCUT2D eigenvalue weighted by atomic mass is 16.5. The van der Waals surface area contributed by atoms with Crippen molar-refractivity contribution in [2.45, 2.75) is 13.8 Å². The van der Waals surface area contributed by atoms with Crippen molar-refractivity contribution in [2.24, 2.45) is 10.2 Å². The van der Waals surface area contributed by atoms with Gasteiger partial charge in [0.25, 0.3) is 0 Å². The lowest BCUT2D eigenvalue weighted by Gasteiger charge is -2.17. The van der Waals surface area contributed by atoms with E-state index in [1.807, 2.05) is 49.4 Å². The van der Waals surface area contributed by atoms with Gasteiger partial charge in [-0.05, 0) is 43.7 Å². The maximum atomic E-state index is 5.62. The maximum absolute atomic E-state index is 5.62. The van der Waals surface area contributed by atoms with E-state index in [4.69, 9.17) is 4.74 Å². The van der Waals surface area contributed by atoms with Crippen molar-refractivity contribution in [3.8, 4) is 16.9 Å². The molecule has 0 fully saturated rings. The second kappa shape index (κ2) is 8.27. The van der Waals surface area contributed by atoms with Gasteiger partial charge < -0.3 is 4.74 Å². The highest BCUT2D eigenvalue weighted by Crippen LogP contribution is 2.34. The first-order valence-corrected chi connectivity index (χ1v) is 8.61. The fourth-order valence-corrected chi connectivity index (χ4v) is 2.80. The van der Waals surface area contributed by atoms with Gasteiger partial charge in [0.2, 0.25) is 0 Å². The van der Waals surface area contributed by atoms with Gasteiger partial charge >= 0.3 is 0 Å². The zero-order valence-corrected chi connectivity index (χ0v) is 15.8. The summed E-state index contributed by atoms with van der Waals surface area (Å²) in [5.74, 6) is 0.748. The summed E-state index contributed by atoms with van der Waals surface area (Å²) in [6.07, 6.45) is 1.74. The van der Waals surface area contributed by atoms with Crippen LogP contribution in [0.4, 0.5) is 5.69 Å². The Bertz CT molecular complexity index is 967. The summed E-state index contributed by atoms with van der Waals surface area (Å²) in [6, 6.07) is 19.9. The number of pyridine rings is 1. The minimum atomic E-state index is 0.740. The van der Waals surface area contributed by atoms with E-state index >= 15 is 0 Å². The number of benzene rings is 2. The lowest BCUT2D eigenvalue weighted by Crippen LogP contribution is -2.12. The molecule has 0 bridgehead atoms. The lowest BCUT2D eigenvalue weighted by molar-refractivity contribution is 0.416. The molecule has 0 aliphatic carbocycles. The maximum Gasteiger partial charge on any atom is 0.128 e. The Balaban J connectivity index is 1.97.